The highest BCUT2D eigenvalue weighted by Crippen LogP contribution is 2.41. The number of benzene rings is 1. The van der Waals surface area contributed by atoms with Gasteiger partial charge in [0.05, 0.1) is 33.7 Å². The quantitative estimate of drug-likeness (QED) is 0.329. The summed E-state index contributed by atoms with van der Waals surface area (Å²) in [7, 11) is 1.78. The highest BCUT2D eigenvalue weighted by Gasteiger charge is 2.32. The summed E-state index contributed by atoms with van der Waals surface area (Å²) in [5.74, 6) is 2.50. The zero-order chi connectivity index (χ0) is 27.0. The van der Waals surface area contributed by atoms with Crippen LogP contribution in [0.2, 0.25) is 5.02 Å². The van der Waals surface area contributed by atoms with E-state index in [0.717, 1.165) is 34.0 Å². The molecule has 0 fully saturated rings. The van der Waals surface area contributed by atoms with E-state index in [1.807, 2.05) is 39.1 Å². The molecular formula is C28H31ClN6O3. The van der Waals surface area contributed by atoms with Crippen LogP contribution < -0.4 is 15.0 Å². The van der Waals surface area contributed by atoms with Gasteiger partial charge >= 0.3 is 0 Å². The number of halogens is 1. The first-order chi connectivity index (χ1) is 18.3. The summed E-state index contributed by atoms with van der Waals surface area (Å²) in [4.78, 5) is 16.9. The molecule has 0 amide bonds. The monoisotopic (exact) mass is 534 g/mol. The second kappa shape index (κ2) is 10.7. The molecule has 0 aliphatic carbocycles. The second-order valence-corrected chi connectivity index (χ2v) is 9.97. The van der Waals surface area contributed by atoms with Gasteiger partial charge in [0, 0.05) is 30.4 Å². The molecule has 0 bridgehead atoms. The summed E-state index contributed by atoms with van der Waals surface area (Å²) in [5, 5.41) is 17.7. The smallest absolute Gasteiger partial charge is 0.163 e. The van der Waals surface area contributed by atoms with Crippen LogP contribution in [0.4, 0.5) is 5.82 Å². The lowest BCUT2D eigenvalue weighted by Crippen LogP contribution is -2.29. The number of aryl methyl sites for hydroxylation is 2. The maximum atomic E-state index is 10.1. The summed E-state index contributed by atoms with van der Waals surface area (Å²) in [6.45, 7) is 9.19. The lowest BCUT2D eigenvalue weighted by Gasteiger charge is -2.26. The van der Waals surface area contributed by atoms with Gasteiger partial charge in [0.2, 0.25) is 0 Å². The number of likely N-dealkylation sites (N-methyl/N-ethyl adjacent to an activating group) is 1. The van der Waals surface area contributed by atoms with Crippen molar-refractivity contribution < 1.29 is 14.4 Å². The molecule has 1 unspecified atom stereocenters. The Morgan fingerprint density at radius 2 is 2.05 bits per heavy atom. The molecule has 0 radical (unpaired) electrons. The van der Waals surface area contributed by atoms with Crippen LogP contribution in [0, 0.1) is 20.8 Å². The number of anilines is 1. The number of nitrogens with zero attached hydrogens (tertiary/aromatic N) is 5. The Morgan fingerprint density at radius 3 is 2.76 bits per heavy atom. The Hall–Kier alpha value is -3.53. The van der Waals surface area contributed by atoms with Crippen molar-refractivity contribution in [1.29, 1.82) is 0 Å². The van der Waals surface area contributed by atoms with Gasteiger partial charge in [-0.3, -0.25) is 4.98 Å². The molecule has 4 aromatic rings. The van der Waals surface area contributed by atoms with E-state index in [9.17, 15) is 5.11 Å². The average molecular weight is 535 g/mol. The molecule has 1 aliphatic rings. The number of aliphatic hydroxyl groups is 1. The van der Waals surface area contributed by atoms with Gasteiger partial charge in [0.25, 0.3) is 0 Å². The van der Waals surface area contributed by atoms with Crippen LogP contribution >= 0.6 is 11.6 Å². The van der Waals surface area contributed by atoms with Gasteiger partial charge in [0.15, 0.2) is 5.82 Å². The van der Waals surface area contributed by atoms with Crippen molar-refractivity contribution in [2.45, 2.75) is 46.4 Å². The molecule has 3 aromatic heterocycles. The number of aliphatic hydroxyl groups excluding tert-OH is 1. The van der Waals surface area contributed by atoms with Crippen LogP contribution in [-0.4, -0.2) is 51.5 Å². The molecule has 198 valence electrons. The Balaban J connectivity index is 1.63. The molecule has 38 heavy (non-hydrogen) atoms. The minimum absolute atomic E-state index is 0.0315. The van der Waals surface area contributed by atoms with Gasteiger partial charge in [-0.1, -0.05) is 22.8 Å². The average Bonchev–Trinajstić information content (AvgIpc) is 3.42. The molecule has 1 aliphatic heterocycles. The topological polar surface area (TPSA) is 109 Å². The summed E-state index contributed by atoms with van der Waals surface area (Å²) in [6, 6.07) is 9.43. The minimum Gasteiger partial charge on any atom is -0.491 e. The molecule has 9 nitrogen and oxygen atoms in total. The molecular weight excluding hydrogens is 504 g/mol. The van der Waals surface area contributed by atoms with Gasteiger partial charge < -0.3 is 24.6 Å². The molecule has 4 heterocycles. The third-order valence-electron chi connectivity index (χ3n) is 6.85. The van der Waals surface area contributed by atoms with Crippen LogP contribution in [-0.2, 0) is 6.54 Å². The summed E-state index contributed by atoms with van der Waals surface area (Å²) in [6.07, 6.45) is 1.19. The number of aromatic nitrogens is 4. The highest BCUT2D eigenvalue weighted by molar-refractivity contribution is 6.33. The summed E-state index contributed by atoms with van der Waals surface area (Å²) >= 11 is 6.69. The second-order valence-electron chi connectivity index (χ2n) is 9.56. The van der Waals surface area contributed by atoms with Crippen LogP contribution in [0.3, 0.4) is 0 Å². The maximum absolute atomic E-state index is 10.1. The van der Waals surface area contributed by atoms with Gasteiger partial charge in [0.1, 0.15) is 30.0 Å². The predicted molar refractivity (Wildman–Crippen MR) is 146 cm³/mol. The predicted octanol–water partition coefficient (Wildman–Crippen LogP) is 4.81. The fraction of sp³-hybridized carbons (Fsp3) is 0.357. The Bertz CT molecular complexity index is 1450. The summed E-state index contributed by atoms with van der Waals surface area (Å²) < 4.78 is 11.3. The van der Waals surface area contributed by atoms with Crippen molar-refractivity contribution in [3.8, 4) is 28.4 Å². The van der Waals surface area contributed by atoms with Crippen molar-refractivity contribution in [3.63, 3.8) is 0 Å². The number of pyridine rings is 1. The van der Waals surface area contributed by atoms with Crippen LogP contribution in [0.15, 0.2) is 41.1 Å². The SMILES string of the molecule is CNC[C@@H](O)COc1ccc(Cl)c(-c2nc(-c3c(C)noc3C)c(C)c(N3Cc4cccnc4C3C)n2)c1. The van der Waals surface area contributed by atoms with E-state index in [-0.39, 0.29) is 12.6 Å². The van der Waals surface area contributed by atoms with Crippen LogP contribution in [0.5, 0.6) is 5.75 Å². The molecule has 0 spiro atoms. The number of fused-ring (bicyclic) bond motifs is 1. The third-order valence-corrected chi connectivity index (χ3v) is 7.18. The van der Waals surface area contributed by atoms with E-state index in [2.05, 4.69) is 33.3 Å². The summed E-state index contributed by atoms with van der Waals surface area (Å²) in [5.41, 5.74) is 6.09. The van der Waals surface area contributed by atoms with Crippen LogP contribution in [0.1, 0.15) is 41.2 Å². The largest absolute Gasteiger partial charge is 0.491 e. The zero-order valence-corrected chi connectivity index (χ0v) is 22.9. The molecule has 0 saturated heterocycles. The molecule has 5 rings (SSSR count). The van der Waals surface area contributed by atoms with Gasteiger partial charge in [-0.2, -0.15) is 0 Å². The first kappa shape index (κ1) is 26.1. The van der Waals surface area contributed by atoms with Gasteiger partial charge in [-0.25, -0.2) is 9.97 Å². The van der Waals surface area contributed by atoms with Crippen molar-refractivity contribution in [1.82, 2.24) is 25.4 Å². The van der Waals surface area contributed by atoms with Crippen molar-refractivity contribution in [2.24, 2.45) is 0 Å². The van der Waals surface area contributed by atoms with E-state index in [1.54, 1.807) is 19.2 Å². The van der Waals surface area contributed by atoms with Crippen LogP contribution in [0.25, 0.3) is 22.6 Å². The van der Waals surface area contributed by atoms with Gasteiger partial charge in [-0.15, -0.1) is 0 Å². The Morgan fingerprint density at radius 1 is 1.24 bits per heavy atom. The van der Waals surface area contributed by atoms with Crippen molar-refractivity contribution in [2.75, 3.05) is 25.1 Å². The standard InChI is InChI=1S/C28H31ClN6O3/c1-15-25(24-16(2)34-38-18(24)4)32-27(22-11-21(8-9-23(22)29)37-14-20(36)12-30-5)33-28(15)35-13-19-7-6-10-31-26(19)17(35)3/h6-11,17,20,30,36H,12-14H2,1-5H3/t17?,20-/m1/s1. The normalized spacial score (nSPS) is 15.6. The fourth-order valence-electron chi connectivity index (χ4n) is 4.91. The molecule has 2 N–H and O–H groups in total. The van der Waals surface area contributed by atoms with E-state index < -0.39 is 6.10 Å². The lowest BCUT2D eigenvalue weighted by molar-refractivity contribution is 0.108. The van der Waals surface area contributed by atoms with E-state index in [4.69, 9.17) is 30.8 Å². The fourth-order valence-corrected chi connectivity index (χ4v) is 5.11. The number of ether oxygens (including phenoxy) is 1. The molecule has 1 aromatic carbocycles. The lowest BCUT2D eigenvalue weighted by atomic mass is 10.0. The highest BCUT2D eigenvalue weighted by atomic mass is 35.5. The molecule has 2 atom stereocenters. The molecule has 0 saturated carbocycles. The number of hydrogen-bond acceptors (Lipinski definition) is 9. The van der Waals surface area contributed by atoms with E-state index in [1.165, 1.54) is 5.56 Å². The molecule has 10 heteroatoms. The van der Waals surface area contributed by atoms with E-state index >= 15 is 0 Å². The van der Waals surface area contributed by atoms with Gasteiger partial charge in [-0.05, 0) is 64.6 Å². The van der Waals surface area contributed by atoms with Crippen molar-refractivity contribution >= 4 is 17.4 Å². The Kier molecular flexibility index (Phi) is 7.34. The maximum Gasteiger partial charge on any atom is 0.163 e. The number of nitrogens with one attached hydrogen (secondary N) is 1. The number of hydrogen-bond donors (Lipinski definition) is 2. The zero-order valence-electron chi connectivity index (χ0n) is 22.1. The first-order valence-electron chi connectivity index (χ1n) is 12.6. The minimum atomic E-state index is -0.639. The first-order valence-corrected chi connectivity index (χ1v) is 12.9. The Labute approximate surface area is 226 Å². The van der Waals surface area contributed by atoms with Crippen molar-refractivity contribution in [3.05, 3.63) is 69.8 Å². The number of rotatable bonds is 8. The van der Waals surface area contributed by atoms with E-state index in [0.29, 0.717) is 41.0 Å². The third kappa shape index (κ3) is 4.84.